The van der Waals surface area contributed by atoms with Crippen LogP contribution < -0.4 is 20.1 Å². The first kappa shape index (κ1) is 23.2. The van der Waals surface area contributed by atoms with Gasteiger partial charge >= 0.3 is 6.09 Å². The van der Waals surface area contributed by atoms with E-state index >= 15 is 0 Å². The van der Waals surface area contributed by atoms with Crippen molar-refractivity contribution >= 4 is 12.1 Å². The SMILES string of the molecule is CCOC(=O)N1CCC(NC(=NC)NCc2ccc(Oc3ccccc3OC)cc2)CC1. The first-order chi connectivity index (χ1) is 15.6. The fourth-order valence-electron chi connectivity index (χ4n) is 3.50. The van der Waals surface area contributed by atoms with E-state index in [0.717, 1.165) is 30.1 Å². The molecule has 0 unspecified atom stereocenters. The number of hydrogen-bond donors (Lipinski definition) is 2. The molecule has 0 aromatic heterocycles. The van der Waals surface area contributed by atoms with Gasteiger partial charge in [-0.2, -0.15) is 0 Å². The molecule has 1 fully saturated rings. The van der Waals surface area contributed by atoms with Crippen molar-refractivity contribution in [1.29, 1.82) is 0 Å². The van der Waals surface area contributed by atoms with Crippen molar-refractivity contribution in [3.63, 3.8) is 0 Å². The number of carbonyl (C=O) groups is 1. The Hall–Kier alpha value is -3.42. The van der Waals surface area contributed by atoms with Crippen LogP contribution in [0.3, 0.4) is 0 Å². The number of benzene rings is 2. The van der Waals surface area contributed by atoms with Gasteiger partial charge in [-0.15, -0.1) is 0 Å². The maximum atomic E-state index is 11.8. The average Bonchev–Trinajstić information content (AvgIpc) is 2.83. The fourth-order valence-corrected chi connectivity index (χ4v) is 3.50. The molecule has 1 saturated heterocycles. The van der Waals surface area contributed by atoms with Crippen LogP contribution in [0.25, 0.3) is 0 Å². The minimum atomic E-state index is -0.230. The molecule has 0 spiro atoms. The molecular formula is C24H32N4O4. The number of carbonyl (C=O) groups excluding carboxylic acids is 1. The molecule has 172 valence electrons. The molecule has 0 radical (unpaired) electrons. The zero-order chi connectivity index (χ0) is 22.8. The Labute approximate surface area is 189 Å². The summed E-state index contributed by atoms with van der Waals surface area (Å²) in [5.41, 5.74) is 1.11. The molecule has 1 amide bonds. The molecule has 0 saturated carbocycles. The molecule has 8 nitrogen and oxygen atoms in total. The number of para-hydroxylation sites is 2. The monoisotopic (exact) mass is 440 g/mol. The van der Waals surface area contributed by atoms with Crippen molar-refractivity contribution in [2.75, 3.05) is 33.9 Å². The van der Waals surface area contributed by atoms with Crippen molar-refractivity contribution in [3.05, 3.63) is 54.1 Å². The maximum Gasteiger partial charge on any atom is 0.409 e. The van der Waals surface area contributed by atoms with E-state index < -0.39 is 0 Å². The van der Waals surface area contributed by atoms with Crippen LogP contribution in [0, 0.1) is 0 Å². The van der Waals surface area contributed by atoms with Gasteiger partial charge < -0.3 is 29.7 Å². The molecule has 0 bridgehead atoms. The predicted octanol–water partition coefficient (Wildman–Crippen LogP) is 3.77. The molecule has 32 heavy (non-hydrogen) atoms. The Morgan fingerprint density at radius 2 is 1.78 bits per heavy atom. The number of likely N-dealkylation sites (tertiary alicyclic amines) is 1. The highest BCUT2D eigenvalue weighted by Crippen LogP contribution is 2.30. The Kier molecular flexibility index (Phi) is 8.60. The van der Waals surface area contributed by atoms with E-state index in [9.17, 15) is 4.79 Å². The summed E-state index contributed by atoms with van der Waals surface area (Å²) in [6.45, 7) is 4.22. The van der Waals surface area contributed by atoms with Crippen LogP contribution in [0.15, 0.2) is 53.5 Å². The molecular weight excluding hydrogens is 408 g/mol. The van der Waals surface area contributed by atoms with Gasteiger partial charge in [-0.1, -0.05) is 24.3 Å². The molecule has 0 aliphatic carbocycles. The molecule has 2 aromatic carbocycles. The summed E-state index contributed by atoms with van der Waals surface area (Å²) in [6.07, 6.45) is 1.48. The van der Waals surface area contributed by atoms with E-state index in [1.165, 1.54) is 0 Å². The van der Waals surface area contributed by atoms with Gasteiger partial charge in [0.15, 0.2) is 17.5 Å². The lowest BCUT2D eigenvalue weighted by molar-refractivity contribution is 0.0963. The summed E-state index contributed by atoms with van der Waals surface area (Å²) >= 11 is 0. The van der Waals surface area contributed by atoms with E-state index in [0.29, 0.717) is 37.7 Å². The number of nitrogens with zero attached hydrogens (tertiary/aromatic N) is 2. The van der Waals surface area contributed by atoms with Crippen LogP contribution in [0.1, 0.15) is 25.3 Å². The molecule has 1 aliphatic rings. The van der Waals surface area contributed by atoms with Crippen LogP contribution in [-0.2, 0) is 11.3 Å². The summed E-state index contributed by atoms with van der Waals surface area (Å²) in [7, 11) is 3.38. The third kappa shape index (κ3) is 6.54. The number of piperidine rings is 1. The van der Waals surface area contributed by atoms with Gasteiger partial charge in [-0.3, -0.25) is 4.99 Å². The second-order valence-corrected chi connectivity index (χ2v) is 7.43. The summed E-state index contributed by atoms with van der Waals surface area (Å²) in [6, 6.07) is 15.7. The highest BCUT2D eigenvalue weighted by Gasteiger charge is 2.24. The van der Waals surface area contributed by atoms with Crippen LogP contribution in [0.2, 0.25) is 0 Å². The zero-order valence-electron chi connectivity index (χ0n) is 19.0. The molecule has 3 rings (SSSR count). The van der Waals surface area contributed by atoms with E-state index in [4.69, 9.17) is 14.2 Å². The highest BCUT2D eigenvalue weighted by atomic mass is 16.6. The number of amides is 1. The molecule has 0 atom stereocenters. The largest absolute Gasteiger partial charge is 0.493 e. The second kappa shape index (κ2) is 11.8. The fraction of sp³-hybridized carbons (Fsp3) is 0.417. The third-order valence-electron chi connectivity index (χ3n) is 5.27. The van der Waals surface area contributed by atoms with Crippen molar-refractivity contribution in [3.8, 4) is 17.2 Å². The predicted molar refractivity (Wildman–Crippen MR) is 124 cm³/mol. The number of hydrogen-bond acceptors (Lipinski definition) is 5. The lowest BCUT2D eigenvalue weighted by Crippen LogP contribution is -2.49. The summed E-state index contributed by atoms with van der Waals surface area (Å²) in [5.74, 6) is 2.86. The summed E-state index contributed by atoms with van der Waals surface area (Å²) < 4.78 is 16.3. The van der Waals surface area contributed by atoms with Gasteiger partial charge in [0.05, 0.1) is 13.7 Å². The Morgan fingerprint density at radius 1 is 1.09 bits per heavy atom. The number of methoxy groups -OCH3 is 1. The van der Waals surface area contributed by atoms with E-state index in [2.05, 4.69) is 15.6 Å². The molecule has 1 heterocycles. The Morgan fingerprint density at radius 3 is 2.41 bits per heavy atom. The normalized spacial score (nSPS) is 14.6. The standard InChI is InChI=1S/C24H32N4O4/c1-4-31-24(29)28-15-13-19(14-16-28)27-23(25-2)26-17-18-9-11-20(12-10-18)32-22-8-6-5-7-21(22)30-3/h5-12,19H,4,13-17H2,1-3H3,(H2,25,26,27). The van der Waals surface area contributed by atoms with Gasteiger partial charge in [0.1, 0.15) is 5.75 Å². The Balaban J connectivity index is 1.45. The maximum absolute atomic E-state index is 11.8. The molecule has 2 N–H and O–H groups in total. The number of aliphatic imine (C=N–C) groups is 1. The lowest BCUT2D eigenvalue weighted by Gasteiger charge is -2.32. The van der Waals surface area contributed by atoms with Gasteiger partial charge in [0.2, 0.25) is 0 Å². The smallest absolute Gasteiger partial charge is 0.409 e. The number of guanidine groups is 1. The lowest BCUT2D eigenvalue weighted by atomic mass is 10.1. The van der Waals surface area contributed by atoms with Crippen LogP contribution in [-0.4, -0.2) is 56.8 Å². The van der Waals surface area contributed by atoms with E-state index in [1.807, 2.05) is 55.5 Å². The first-order valence-electron chi connectivity index (χ1n) is 10.9. The van der Waals surface area contributed by atoms with Crippen molar-refractivity contribution in [1.82, 2.24) is 15.5 Å². The topological polar surface area (TPSA) is 84.4 Å². The Bertz CT molecular complexity index is 893. The summed E-state index contributed by atoms with van der Waals surface area (Å²) in [5, 5.41) is 6.79. The minimum absolute atomic E-state index is 0.230. The second-order valence-electron chi connectivity index (χ2n) is 7.43. The zero-order valence-corrected chi connectivity index (χ0v) is 19.0. The van der Waals surface area contributed by atoms with Gasteiger partial charge in [-0.25, -0.2) is 4.79 Å². The van der Waals surface area contributed by atoms with Gasteiger partial charge in [0, 0.05) is 32.7 Å². The number of nitrogens with one attached hydrogen (secondary N) is 2. The van der Waals surface area contributed by atoms with Gasteiger partial charge in [-0.05, 0) is 49.6 Å². The van der Waals surface area contributed by atoms with Crippen molar-refractivity contribution in [2.45, 2.75) is 32.4 Å². The quantitative estimate of drug-likeness (QED) is 0.504. The van der Waals surface area contributed by atoms with Crippen LogP contribution >= 0.6 is 0 Å². The van der Waals surface area contributed by atoms with E-state index in [-0.39, 0.29) is 12.1 Å². The molecule has 2 aromatic rings. The van der Waals surface area contributed by atoms with E-state index in [1.54, 1.807) is 19.1 Å². The molecule has 1 aliphatic heterocycles. The van der Waals surface area contributed by atoms with Crippen molar-refractivity contribution in [2.24, 2.45) is 4.99 Å². The third-order valence-corrected chi connectivity index (χ3v) is 5.27. The van der Waals surface area contributed by atoms with Crippen molar-refractivity contribution < 1.29 is 19.0 Å². The number of rotatable bonds is 7. The van der Waals surface area contributed by atoms with Gasteiger partial charge in [0.25, 0.3) is 0 Å². The highest BCUT2D eigenvalue weighted by molar-refractivity contribution is 5.80. The van der Waals surface area contributed by atoms with Crippen LogP contribution in [0.4, 0.5) is 4.79 Å². The minimum Gasteiger partial charge on any atom is -0.493 e. The first-order valence-corrected chi connectivity index (χ1v) is 10.9. The summed E-state index contributed by atoms with van der Waals surface area (Å²) in [4.78, 5) is 17.9. The average molecular weight is 441 g/mol. The molecule has 8 heteroatoms. The van der Waals surface area contributed by atoms with Crippen LogP contribution in [0.5, 0.6) is 17.2 Å². The number of ether oxygens (including phenoxy) is 3.